The molecule has 0 spiro atoms. The van der Waals surface area contributed by atoms with E-state index in [-0.39, 0.29) is 17.2 Å². The summed E-state index contributed by atoms with van der Waals surface area (Å²) >= 11 is 1.17. The van der Waals surface area contributed by atoms with Crippen LogP contribution >= 0.6 is 11.8 Å². The van der Waals surface area contributed by atoms with Crippen LogP contribution in [0.25, 0.3) is 27.4 Å². The third-order valence-corrected chi connectivity index (χ3v) is 6.56. The van der Waals surface area contributed by atoms with Gasteiger partial charge in [-0.2, -0.15) is 5.10 Å². The fourth-order valence-corrected chi connectivity index (χ4v) is 4.67. The zero-order valence-electron chi connectivity index (χ0n) is 19.4. The lowest BCUT2D eigenvalue weighted by atomic mass is 10.1. The van der Waals surface area contributed by atoms with Crippen molar-refractivity contribution in [3.05, 3.63) is 107 Å². The van der Waals surface area contributed by atoms with E-state index in [9.17, 15) is 9.59 Å². The highest BCUT2D eigenvalue weighted by molar-refractivity contribution is 7.99. The van der Waals surface area contributed by atoms with Crippen molar-refractivity contribution in [2.24, 2.45) is 5.10 Å². The van der Waals surface area contributed by atoms with Gasteiger partial charge in [0.1, 0.15) is 5.75 Å². The maximum atomic E-state index is 13.3. The minimum atomic E-state index is -0.305. The second-order valence-electron chi connectivity index (χ2n) is 7.90. The Morgan fingerprint density at radius 2 is 1.69 bits per heavy atom. The molecule has 0 saturated carbocycles. The Bertz CT molecular complexity index is 1640. The van der Waals surface area contributed by atoms with Crippen molar-refractivity contribution in [1.29, 1.82) is 0 Å². The first-order valence-corrected chi connectivity index (χ1v) is 12.2. The third kappa shape index (κ3) is 4.85. The maximum Gasteiger partial charge on any atom is 0.266 e. The molecule has 1 N–H and O–H groups in total. The molecule has 5 rings (SSSR count). The summed E-state index contributed by atoms with van der Waals surface area (Å²) in [6.45, 7) is 0. The summed E-state index contributed by atoms with van der Waals surface area (Å²) in [7, 11) is 1.58. The Morgan fingerprint density at radius 1 is 0.972 bits per heavy atom. The van der Waals surface area contributed by atoms with E-state index in [1.165, 1.54) is 16.3 Å². The van der Waals surface area contributed by atoms with Crippen molar-refractivity contribution in [3.63, 3.8) is 0 Å². The smallest absolute Gasteiger partial charge is 0.266 e. The van der Waals surface area contributed by atoms with Gasteiger partial charge in [0.15, 0.2) is 5.16 Å². The van der Waals surface area contributed by atoms with Gasteiger partial charge in [0.05, 0.1) is 35.7 Å². The molecular formula is C28H22N4O3S. The zero-order valence-corrected chi connectivity index (χ0v) is 20.2. The van der Waals surface area contributed by atoms with E-state index in [2.05, 4.69) is 15.5 Å². The number of ether oxygens (including phenoxy) is 1. The number of fused-ring (bicyclic) bond motifs is 2. The number of amides is 1. The number of carbonyl (C=O) groups excluding carboxylic acids is 1. The van der Waals surface area contributed by atoms with Crippen LogP contribution in [0.4, 0.5) is 0 Å². The molecule has 0 aliphatic rings. The van der Waals surface area contributed by atoms with Crippen LogP contribution < -0.4 is 15.7 Å². The fourth-order valence-electron chi connectivity index (χ4n) is 3.87. The number of hydrazone groups is 1. The molecule has 8 heteroatoms. The molecule has 0 aliphatic heterocycles. The van der Waals surface area contributed by atoms with Crippen LogP contribution in [0.5, 0.6) is 5.75 Å². The minimum absolute atomic E-state index is 0.0355. The van der Waals surface area contributed by atoms with Crippen molar-refractivity contribution >= 4 is 45.6 Å². The van der Waals surface area contributed by atoms with Gasteiger partial charge in [-0.1, -0.05) is 66.4 Å². The highest BCUT2D eigenvalue weighted by atomic mass is 32.2. The molecule has 178 valence electrons. The number of para-hydroxylation sites is 1. The number of rotatable bonds is 7. The maximum absolute atomic E-state index is 13.3. The van der Waals surface area contributed by atoms with Gasteiger partial charge >= 0.3 is 0 Å². The summed E-state index contributed by atoms with van der Waals surface area (Å²) in [4.78, 5) is 30.6. The number of aromatic nitrogens is 2. The van der Waals surface area contributed by atoms with E-state index in [4.69, 9.17) is 4.74 Å². The lowest BCUT2D eigenvalue weighted by Gasteiger charge is -2.13. The topological polar surface area (TPSA) is 85.6 Å². The number of carbonyl (C=O) groups is 1. The van der Waals surface area contributed by atoms with Gasteiger partial charge in [0.25, 0.3) is 11.5 Å². The number of hydrogen-bond acceptors (Lipinski definition) is 6. The molecule has 1 amide bonds. The first-order valence-electron chi connectivity index (χ1n) is 11.2. The second-order valence-corrected chi connectivity index (χ2v) is 8.84. The molecule has 0 aliphatic carbocycles. The Labute approximate surface area is 211 Å². The van der Waals surface area contributed by atoms with Gasteiger partial charge in [-0.25, -0.2) is 10.4 Å². The van der Waals surface area contributed by atoms with Crippen LogP contribution in [0.1, 0.15) is 5.56 Å². The molecule has 1 heterocycles. The van der Waals surface area contributed by atoms with Crippen molar-refractivity contribution in [3.8, 4) is 11.4 Å². The van der Waals surface area contributed by atoms with E-state index in [1.807, 2.05) is 48.5 Å². The number of nitrogens with one attached hydrogen (secondary N) is 1. The van der Waals surface area contributed by atoms with E-state index < -0.39 is 0 Å². The molecule has 1 aromatic heterocycles. The Hall–Kier alpha value is -4.43. The molecular weight excluding hydrogens is 472 g/mol. The zero-order chi connectivity index (χ0) is 24.9. The number of nitrogens with zero attached hydrogens (tertiary/aromatic N) is 3. The van der Waals surface area contributed by atoms with Gasteiger partial charge < -0.3 is 4.74 Å². The summed E-state index contributed by atoms with van der Waals surface area (Å²) in [6, 6.07) is 28.2. The molecule has 0 atom stereocenters. The average Bonchev–Trinajstić information content (AvgIpc) is 2.92. The highest BCUT2D eigenvalue weighted by Gasteiger charge is 2.15. The fraction of sp³-hybridized carbons (Fsp3) is 0.0714. The largest absolute Gasteiger partial charge is 0.497 e. The standard InChI is InChI=1S/C28H22N4O3S/c1-35-22-15-13-21(14-16-22)32-27(34)24-11-4-5-12-25(24)30-28(32)36-18-26(33)31-29-17-20-9-6-8-19-7-2-3-10-23(19)20/h2-17H,18H2,1H3,(H,31,33). The summed E-state index contributed by atoms with van der Waals surface area (Å²) in [5.41, 5.74) is 4.48. The van der Waals surface area contributed by atoms with E-state index in [0.717, 1.165) is 16.3 Å². The highest BCUT2D eigenvalue weighted by Crippen LogP contribution is 2.23. The molecule has 0 bridgehead atoms. The SMILES string of the molecule is COc1ccc(-n2c(SCC(=O)NN=Cc3cccc4ccccc34)nc3ccccc3c2=O)cc1. The number of hydrogen-bond donors (Lipinski definition) is 1. The van der Waals surface area contributed by atoms with E-state index in [1.54, 1.807) is 55.8 Å². The number of benzene rings is 4. The first kappa shape index (κ1) is 23.3. The molecule has 0 unspecified atom stereocenters. The van der Waals surface area contributed by atoms with Gasteiger partial charge in [-0.05, 0) is 47.2 Å². The van der Waals surface area contributed by atoms with Crippen LogP contribution in [-0.4, -0.2) is 34.5 Å². The molecule has 5 aromatic rings. The number of methoxy groups -OCH3 is 1. The monoisotopic (exact) mass is 494 g/mol. The lowest BCUT2D eigenvalue weighted by Crippen LogP contribution is -2.24. The third-order valence-electron chi connectivity index (χ3n) is 5.62. The van der Waals surface area contributed by atoms with Gasteiger partial charge in [0, 0.05) is 5.56 Å². The number of thioether (sulfide) groups is 1. The summed E-state index contributed by atoms with van der Waals surface area (Å²) < 4.78 is 6.75. The van der Waals surface area contributed by atoms with Crippen LogP contribution in [-0.2, 0) is 4.79 Å². The summed E-state index contributed by atoms with van der Waals surface area (Å²) in [6.07, 6.45) is 1.63. The van der Waals surface area contributed by atoms with Crippen LogP contribution in [0.2, 0.25) is 0 Å². The average molecular weight is 495 g/mol. The minimum Gasteiger partial charge on any atom is -0.497 e. The Kier molecular flexibility index (Phi) is 6.77. The molecule has 0 fully saturated rings. The van der Waals surface area contributed by atoms with E-state index >= 15 is 0 Å². The van der Waals surface area contributed by atoms with E-state index in [0.29, 0.717) is 27.5 Å². The van der Waals surface area contributed by atoms with Crippen molar-refractivity contribution in [2.75, 3.05) is 12.9 Å². The molecule has 0 radical (unpaired) electrons. The predicted molar refractivity (Wildman–Crippen MR) is 144 cm³/mol. The quantitative estimate of drug-likeness (QED) is 0.152. The lowest BCUT2D eigenvalue weighted by molar-refractivity contribution is -0.118. The molecule has 4 aromatic carbocycles. The van der Waals surface area contributed by atoms with Gasteiger partial charge in [-0.15, -0.1) is 0 Å². The van der Waals surface area contributed by atoms with Crippen LogP contribution in [0.15, 0.2) is 106 Å². The Balaban J connectivity index is 1.37. The molecule has 0 saturated heterocycles. The predicted octanol–water partition coefficient (Wildman–Crippen LogP) is 4.79. The van der Waals surface area contributed by atoms with Crippen molar-refractivity contribution in [1.82, 2.24) is 15.0 Å². The second kappa shape index (κ2) is 10.5. The Morgan fingerprint density at radius 3 is 2.50 bits per heavy atom. The van der Waals surface area contributed by atoms with Crippen LogP contribution in [0.3, 0.4) is 0 Å². The van der Waals surface area contributed by atoms with Gasteiger partial charge in [-0.3, -0.25) is 14.2 Å². The van der Waals surface area contributed by atoms with Crippen molar-refractivity contribution < 1.29 is 9.53 Å². The normalized spacial score (nSPS) is 11.2. The van der Waals surface area contributed by atoms with Crippen molar-refractivity contribution in [2.45, 2.75) is 5.16 Å². The summed E-state index contributed by atoms with van der Waals surface area (Å²) in [5, 5.41) is 7.20. The first-order chi connectivity index (χ1) is 17.6. The molecule has 7 nitrogen and oxygen atoms in total. The summed E-state index contributed by atoms with van der Waals surface area (Å²) in [5.74, 6) is 0.409. The molecule has 36 heavy (non-hydrogen) atoms. The van der Waals surface area contributed by atoms with Crippen LogP contribution in [0, 0.1) is 0 Å². The van der Waals surface area contributed by atoms with Gasteiger partial charge in [0.2, 0.25) is 0 Å².